The van der Waals surface area contributed by atoms with Gasteiger partial charge in [-0.15, -0.1) is 0 Å². The van der Waals surface area contributed by atoms with Crippen molar-refractivity contribution in [3.8, 4) is 0 Å². The summed E-state index contributed by atoms with van der Waals surface area (Å²) in [5, 5.41) is -0.162. The Morgan fingerprint density at radius 2 is 1.92 bits per heavy atom. The van der Waals surface area contributed by atoms with Gasteiger partial charge in [-0.05, 0) is 48.6 Å². The van der Waals surface area contributed by atoms with Gasteiger partial charge in [0.1, 0.15) is 11.5 Å². The van der Waals surface area contributed by atoms with E-state index in [0.29, 0.717) is 5.65 Å². The highest BCUT2D eigenvalue weighted by Gasteiger charge is 2.37. The van der Waals surface area contributed by atoms with E-state index >= 15 is 0 Å². The zero-order chi connectivity index (χ0) is 17.6. The first kappa shape index (κ1) is 16.5. The highest BCUT2D eigenvalue weighted by molar-refractivity contribution is 7.89. The maximum absolute atomic E-state index is 13.2. The number of nitrogens with one attached hydrogen (secondary N) is 1. The number of pyridine rings is 1. The minimum atomic E-state index is -3.91. The highest BCUT2D eigenvalue weighted by atomic mass is 35.5. The molecule has 0 aliphatic heterocycles. The lowest BCUT2D eigenvalue weighted by Crippen LogP contribution is -2.31. The molecule has 1 fully saturated rings. The van der Waals surface area contributed by atoms with E-state index in [9.17, 15) is 12.8 Å². The lowest BCUT2D eigenvalue weighted by atomic mass is 10.0. The third-order valence-corrected chi connectivity index (χ3v) is 6.14. The van der Waals surface area contributed by atoms with Crippen LogP contribution in [0.25, 0.3) is 5.65 Å². The van der Waals surface area contributed by atoms with E-state index in [0.717, 1.165) is 18.4 Å². The molecule has 0 spiro atoms. The molecule has 1 aliphatic rings. The lowest BCUT2D eigenvalue weighted by Gasteiger charge is -2.19. The summed E-state index contributed by atoms with van der Waals surface area (Å²) in [5.74, 6) is -0.163. The number of fused-ring (bicyclic) bond motifs is 1. The van der Waals surface area contributed by atoms with Crippen molar-refractivity contribution >= 4 is 27.3 Å². The molecule has 0 bridgehead atoms. The topological polar surface area (TPSA) is 63.5 Å². The molecule has 0 amide bonds. The smallest absolute Gasteiger partial charge is 0.260 e. The third kappa shape index (κ3) is 3.15. The molecule has 1 aliphatic carbocycles. The van der Waals surface area contributed by atoms with Crippen LogP contribution in [-0.4, -0.2) is 17.8 Å². The molecule has 130 valence electrons. The van der Waals surface area contributed by atoms with Crippen molar-refractivity contribution in [3.63, 3.8) is 0 Å². The lowest BCUT2D eigenvalue weighted by molar-refractivity contribution is 0.525. The first-order valence-corrected chi connectivity index (χ1v) is 9.72. The fraction of sp³-hybridized carbons (Fsp3) is 0.235. The van der Waals surface area contributed by atoms with Crippen LogP contribution in [0.2, 0.25) is 5.15 Å². The number of imidazole rings is 1. The molecule has 1 saturated carbocycles. The maximum atomic E-state index is 13.2. The molecule has 1 N–H and O–H groups in total. The van der Waals surface area contributed by atoms with E-state index in [4.69, 9.17) is 11.6 Å². The summed E-state index contributed by atoms with van der Waals surface area (Å²) in [7, 11) is -3.91. The largest absolute Gasteiger partial charge is 0.288 e. The molecule has 1 atom stereocenters. The van der Waals surface area contributed by atoms with Crippen LogP contribution in [-0.2, 0) is 10.0 Å². The van der Waals surface area contributed by atoms with Gasteiger partial charge in [0.2, 0.25) is 0 Å². The predicted octanol–water partition coefficient (Wildman–Crippen LogP) is 3.56. The Balaban J connectivity index is 1.74. The molecule has 2 heterocycles. The molecule has 8 heteroatoms. The number of nitrogens with zero attached hydrogens (tertiary/aromatic N) is 2. The molecule has 0 radical (unpaired) electrons. The van der Waals surface area contributed by atoms with Gasteiger partial charge in [-0.2, -0.15) is 0 Å². The molecule has 1 aromatic carbocycles. The summed E-state index contributed by atoms with van der Waals surface area (Å²) in [6.45, 7) is 0. The summed E-state index contributed by atoms with van der Waals surface area (Å²) in [5.41, 5.74) is 1.19. The Hall–Kier alpha value is -1.96. The number of rotatable bonds is 5. The Labute approximate surface area is 149 Å². The second-order valence-corrected chi connectivity index (χ2v) is 8.11. The molecule has 25 heavy (non-hydrogen) atoms. The number of hydrogen-bond acceptors (Lipinski definition) is 3. The van der Waals surface area contributed by atoms with Crippen LogP contribution < -0.4 is 4.72 Å². The van der Waals surface area contributed by atoms with E-state index in [-0.39, 0.29) is 21.9 Å². The van der Waals surface area contributed by atoms with Gasteiger partial charge in [0, 0.05) is 12.2 Å². The molecule has 1 unspecified atom stereocenters. The molecule has 3 aromatic rings. The minimum absolute atomic E-state index is 0.0765. The summed E-state index contributed by atoms with van der Waals surface area (Å²) >= 11 is 6.10. The average molecular weight is 380 g/mol. The standard InChI is InChI=1S/C17H15ClFN3O2S/c18-16-17(22-10-2-1-3-14(22)20-16)25(23,24)21-15(11-4-5-11)12-6-8-13(19)9-7-12/h1-3,6-11,15,21H,4-5H2. The quantitative estimate of drug-likeness (QED) is 0.737. The predicted molar refractivity (Wildman–Crippen MR) is 92.4 cm³/mol. The number of aromatic nitrogens is 2. The van der Waals surface area contributed by atoms with Crippen molar-refractivity contribution in [3.05, 3.63) is 65.2 Å². The van der Waals surface area contributed by atoms with Gasteiger partial charge in [-0.1, -0.05) is 29.8 Å². The SMILES string of the molecule is O=S(=O)(NC(c1ccc(F)cc1)C1CC1)c1c(Cl)nc2ccccn12. The van der Waals surface area contributed by atoms with Crippen molar-refractivity contribution in [2.75, 3.05) is 0 Å². The Morgan fingerprint density at radius 1 is 1.20 bits per heavy atom. The van der Waals surface area contributed by atoms with Gasteiger partial charge < -0.3 is 0 Å². The molecular formula is C17H15ClFN3O2S. The van der Waals surface area contributed by atoms with Gasteiger partial charge in [-0.25, -0.2) is 22.5 Å². The second-order valence-electron chi connectivity index (χ2n) is 6.12. The van der Waals surface area contributed by atoms with Gasteiger partial charge >= 0.3 is 0 Å². The molecular weight excluding hydrogens is 365 g/mol. The monoisotopic (exact) mass is 379 g/mol. The third-order valence-electron chi connectivity index (χ3n) is 4.31. The molecule has 0 saturated heterocycles. The van der Waals surface area contributed by atoms with E-state index in [2.05, 4.69) is 9.71 Å². The molecule has 2 aromatic heterocycles. The Bertz CT molecular complexity index is 1030. The minimum Gasteiger partial charge on any atom is -0.288 e. The Morgan fingerprint density at radius 3 is 2.60 bits per heavy atom. The van der Waals surface area contributed by atoms with Crippen LogP contribution in [0.5, 0.6) is 0 Å². The average Bonchev–Trinajstić information content (AvgIpc) is 3.35. The van der Waals surface area contributed by atoms with E-state index < -0.39 is 16.1 Å². The van der Waals surface area contributed by atoms with Crippen LogP contribution in [0.1, 0.15) is 24.4 Å². The van der Waals surface area contributed by atoms with Gasteiger partial charge in [0.25, 0.3) is 10.0 Å². The highest BCUT2D eigenvalue weighted by Crippen LogP contribution is 2.42. The van der Waals surface area contributed by atoms with Crippen LogP contribution >= 0.6 is 11.6 Å². The number of hydrogen-bond donors (Lipinski definition) is 1. The van der Waals surface area contributed by atoms with Gasteiger partial charge in [-0.3, -0.25) is 4.40 Å². The first-order chi connectivity index (χ1) is 12.0. The number of benzene rings is 1. The zero-order valence-electron chi connectivity index (χ0n) is 13.1. The van der Waals surface area contributed by atoms with E-state index in [1.54, 1.807) is 36.5 Å². The van der Waals surface area contributed by atoms with Crippen LogP contribution in [0.4, 0.5) is 4.39 Å². The maximum Gasteiger partial charge on any atom is 0.260 e. The van der Waals surface area contributed by atoms with Crippen molar-refractivity contribution in [1.82, 2.24) is 14.1 Å². The fourth-order valence-electron chi connectivity index (χ4n) is 2.94. The summed E-state index contributed by atoms with van der Waals surface area (Å²) in [4.78, 5) is 4.09. The normalized spacial score (nSPS) is 16.2. The van der Waals surface area contributed by atoms with Crippen LogP contribution in [0.15, 0.2) is 53.7 Å². The molecule has 5 nitrogen and oxygen atoms in total. The fourth-order valence-corrected chi connectivity index (χ4v) is 4.88. The zero-order valence-corrected chi connectivity index (χ0v) is 14.6. The summed E-state index contributed by atoms with van der Waals surface area (Å²) in [6, 6.07) is 10.6. The molecule has 4 rings (SSSR count). The second kappa shape index (κ2) is 6.09. The summed E-state index contributed by atoms with van der Waals surface area (Å²) in [6.07, 6.45) is 3.45. The Kier molecular flexibility index (Phi) is 4.02. The van der Waals surface area contributed by atoms with Crippen molar-refractivity contribution in [2.24, 2.45) is 5.92 Å². The number of halogens is 2. The van der Waals surface area contributed by atoms with E-state index in [1.807, 2.05) is 0 Å². The summed E-state index contributed by atoms with van der Waals surface area (Å²) < 4.78 is 43.3. The number of sulfonamides is 1. The van der Waals surface area contributed by atoms with E-state index in [1.165, 1.54) is 16.5 Å². The van der Waals surface area contributed by atoms with Crippen molar-refractivity contribution < 1.29 is 12.8 Å². The van der Waals surface area contributed by atoms with Crippen LogP contribution in [0.3, 0.4) is 0 Å². The first-order valence-electron chi connectivity index (χ1n) is 7.86. The van der Waals surface area contributed by atoms with Gasteiger partial charge in [0.05, 0.1) is 0 Å². The van der Waals surface area contributed by atoms with Crippen molar-refractivity contribution in [1.29, 1.82) is 0 Å². The van der Waals surface area contributed by atoms with Gasteiger partial charge in [0.15, 0.2) is 10.2 Å². The van der Waals surface area contributed by atoms with Crippen molar-refractivity contribution in [2.45, 2.75) is 23.9 Å². The van der Waals surface area contributed by atoms with Crippen LogP contribution in [0, 0.1) is 11.7 Å².